The molecular weight excluding hydrogens is 166 g/mol. The van der Waals surface area contributed by atoms with Crippen LogP contribution in [0.1, 0.15) is 18.0 Å². The van der Waals surface area contributed by atoms with Gasteiger partial charge in [0.2, 0.25) is 6.75 Å². The summed E-state index contributed by atoms with van der Waals surface area (Å²) in [7, 11) is 0. The summed E-state index contributed by atoms with van der Waals surface area (Å²) in [5, 5.41) is 0. The molecule has 1 aliphatic rings. The molecule has 2 N–H and O–H groups in total. The number of fused-ring (bicyclic) bond motifs is 1. The first-order chi connectivity index (χ1) is 7.72. The fraction of sp³-hybridized carbons (Fsp3) is 0.400. The molecule has 1 aromatic rings. The van der Waals surface area contributed by atoms with Gasteiger partial charge in [0, 0.05) is 8.78 Å². The van der Waals surface area contributed by atoms with Gasteiger partial charge in [-0.15, -0.1) is 0 Å². The van der Waals surface area contributed by atoms with E-state index in [-0.39, 0.29) is 11.5 Å². The third kappa shape index (κ3) is 1.75. The van der Waals surface area contributed by atoms with Gasteiger partial charge < -0.3 is 15.2 Å². The third-order valence-electron chi connectivity index (χ3n) is 1.64. The average Bonchev–Trinajstić information content (AvgIpc) is 2.49. The van der Waals surface area contributed by atoms with Crippen LogP contribution in [0.2, 0.25) is 0 Å². The molecule has 1 heterocycles. The van der Waals surface area contributed by atoms with E-state index in [4.69, 9.17) is 20.7 Å². The van der Waals surface area contributed by atoms with E-state index in [0.717, 1.165) is 0 Å². The maximum Gasteiger partial charge on any atom is 0.231 e. The number of benzene rings is 1. The number of ether oxygens (including phenoxy) is 2. The van der Waals surface area contributed by atoms with Crippen molar-refractivity contribution in [2.75, 3.05) is 6.75 Å². The summed E-state index contributed by atoms with van der Waals surface area (Å²) in [6.45, 7) is -0.619. The lowest BCUT2D eigenvalue weighted by molar-refractivity contribution is 0.174. The van der Waals surface area contributed by atoms with Crippen LogP contribution < -0.4 is 15.2 Å². The molecule has 0 spiro atoms. The Hall–Kier alpha value is -1.22. The van der Waals surface area contributed by atoms with Crippen molar-refractivity contribution in [2.45, 2.75) is 19.3 Å². The first kappa shape index (κ1) is 4.86. The Morgan fingerprint density at radius 3 is 3.15 bits per heavy atom. The summed E-state index contributed by atoms with van der Waals surface area (Å²) in [4.78, 5) is 0. The minimum atomic E-state index is -2.19. The number of rotatable bonds is 2. The highest BCUT2D eigenvalue weighted by Gasteiger charge is 2.13. The Morgan fingerprint density at radius 2 is 2.38 bits per heavy atom. The molecule has 0 saturated carbocycles. The van der Waals surface area contributed by atoms with Gasteiger partial charge in [-0.25, -0.2) is 0 Å². The van der Waals surface area contributed by atoms with Gasteiger partial charge in [-0.2, -0.15) is 0 Å². The zero-order chi connectivity index (χ0) is 12.8. The maximum absolute atomic E-state index is 7.84. The molecule has 2 rings (SSSR count). The Labute approximate surface area is 83.1 Å². The molecule has 0 saturated heterocycles. The van der Waals surface area contributed by atoms with E-state index in [1.165, 1.54) is 18.2 Å². The van der Waals surface area contributed by atoms with Crippen molar-refractivity contribution in [1.82, 2.24) is 0 Å². The van der Waals surface area contributed by atoms with Crippen LogP contribution in [0.5, 0.6) is 11.5 Å². The highest BCUT2D eigenvalue weighted by molar-refractivity contribution is 5.44. The van der Waals surface area contributed by atoms with E-state index >= 15 is 0 Å². The summed E-state index contributed by atoms with van der Waals surface area (Å²) < 4.78 is 40.0. The first-order valence-electron chi connectivity index (χ1n) is 6.00. The summed E-state index contributed by atoms with van der Waals surface area (Å²) in [6.07, 6.45) is -1.70. The quantitative estimate of drug-likeness (QED) is 0.751. The number of hydrogen-bond donors (Lipinski definition) is 1. The molecule has 1 aliphatic heterocycles. The normalized spacial score (nSPS) is 25.4. The lowest BCUT2D eigenvalue weighted by atomic mass is 10.1. The molecule has 0 radical (unpaired) electrons. The molecule has 1 atom stereocenters. The van der Waals surface area contributed by atoms with E-state index < -0.39 is 19.2 Å². The Balaban J connectivity index is 2.37. The predicted octanol–water partition coefficient (Wildman–Crippen LogP) is 1.31. The molecule has 13 heavy (non-hydrogen) atoms. The van der Waals surface area contributed by atoms with Gasteiger partial charge >= 0.3 is 0 Å². The zero-order valence-electron chi connectivity index (χ0n) is 11.2. The van der Waals surface area contributed by atoms with Gasteiger partial charge in [0.1, 0.15) is 2.74 Å². The lowest BCUT2D eigenvalue weighted by Gasteiger charge is -2.05. The van der Waals surface area contributed by atoms with E-state index in [2.05, 4.69) is 0 Å². The van der Waals surface area contributed by atoms with Crippen molar-refractivity contribution in [2.24, 2.45) is 5.73 Å². The third-order valence-corrected chi connectivity index (χ3v) is 1.64. The van der Waals surface area contributed by atoms with Crippen LogP contribution in [0.3, 0.4) is 0 Å². The molecule has 0 bridgehead atoms. The first-order valence-corrected chi connectivity index (χ1v) is 4.00. The Kier molecular flexibility index (Phi) is 1.22. The summed E-state index contributed by atoms with van der Waals surface area (Å²) in [6, 6.07) is 3.74. The average molecular weight is 183 g/mol. The maximum atomic E-state index is 7.84. The van der Waals surface area contributed by atoms with Gasteiger partial charge in [-0.3, -0.25) is 0 Å². The second kappa shape index (κ2) is 3.26. The Morgan fingerprint density at radius 1 is 1.62 bits per heavy atom. The molecule has 3 nitrogen and oxygen atoms in total. The summed E-state index contributed by atoms with van der Waals surface area (Å²) in [5.74, 6) is 0.455. The zero-order valence-corrected chi connectivity index (χ0v) is 7.20. The van der Waals surface area contributed by atoms with Crippen LogP contribution in [0.15, 0.2) is 18.2 Å². The van der Waals surface area contributed by atoms with Crippen molar-refractivity contribution in [3.63, 3.8) is 0 Å². The van der Waals surface area contributed by atoms with Crippen LogP contribution in [0.4, 0.5) is 0 Å². The molecule has 70 valence electrons. The highest BCUT2D eigenvalue weighted by Crippen LogP contribution is 2.32. The van der Waals surface area contributed by atoms with Crippen LogP contribution in [-0.2, 0) is 6.37 Å². The minimum Gasteiger partial charge on any atom is -0.454 e. The second-order valence-corrected chi connectivity index (χ2v) is 2.88. The number of nitrogens with two attached hydrogens (primary N) is 1. The van der Waals surface area contributed by atoms with E-state index in [9.17, 15) is 0 Å². The molecule has 1 unspecified atom stereocenters. The SMILES string of the molecule is [2H]C1([2H])Oc2ccc(C([2H])([2H])C(C)N)cc2O1. The van der Waals surface area contributed by atoms with E-state index in [1.807, 2.05) is 0 Å². The van der Waals surface area contributed by atoms with Crippen molar-refractivity contribution >= 4 is 0 Å². The molecule has 0 aliphatic carbocycles. The van der Waals surface area contributed by atoms with Gasteiger partial charge in [-0.05, 0) is 31.0 Å². The predicted molar refractivity (Wildman–Crippen MR) is 49.9 cm³/mol. The van der Waals surface area contributed by atoms with Crippen molar-refractivity contribution in [1.29, 1.82) is 0 Å². The van der Waals surface area contributed by atoms with Gasteiger partial charge in [0.15, 0.2) is 11.5 Å². The van der Waals surface area contributed by atoms with Crippen LogP contribution in [-0.4, -0.2) is 12.8 Å². The lowest BCUT2D eigenvalue weighted by Crippen LogP contribution is -2.17. The van der Waals surface area contributed by atoms with Crippen molar-refractivity contribution in [3.8, 4) is 11.5 Å². The van der Waals surface area contributed by atoms with Crippen molar-refractivity contribution < 1.29 is 15.0 Å². The van der Waals surface area contributed by atoms with Gasteiger partial charge in [0.25, 0.3) is 0 Å². The standard InChI is InChI=1S/C10H13NO2/c1-7(11)4-8-2-3-9-10(5-8)13-6-12-9/h2-3,5,7H,4,6,11H2,1H3/i4D2,6D2. The smallest absolute Gasteiger partial charge is 0.231 e. The molecular formula is C10H13NO2. The van der Waals surface area contributed by atoms with Crippen LogP contribution >= 0.6 is 0 Å². The van der Waals surface area contributed by atoms with Gasteiger partial charge in [0.05, 0.1) is 0 Å². The second-order valence-electron chi connectivity index (χ2n) is 2.88. The minimum absolute atomic E-state index is 0.192. The molecule has 3 heteroatoms. The largest absolute Gasteiger partial charge is 0.454 e. The van der Waals surface area contributed by atoms with E-state index in [0.29, 0.717) is 5.56 Å². The van der Waals surface area contributed by atoms with Gasteiger partial charge in [-0.1, -0.05) is 6.07 Å². The van der Waals surface area contributed by atoms with Crippen LogP contribution in [0, 0.1) is 0 Å². The Bertz CT molecular complexity index is 448. The fourth-order valence-corrected chi connectivity index (χ4v) is 1.14. The summed E-state index contributed by atoms with van der Waals surface area (Å²) >= 11 is 0. The summed E-state index contributed by atoms with van der Waals surface area (Å²) in [5.41, 5.74) is 5.92. The molecule has 0 amide bonds. The molecule has 0 aromatic heterocycles. The molecule has 1 aromatic carbocycles. The van der Waals surface area contributed by atoms with E-state index in [1.54, 1.807) is 6.92 Å². The monoisotopic (exact) mass is 183 g/mol. The number of hydrogen-bond acceptors (Lipinski definition) is 3. The molecule has 0 fully saturated rings. The van der Waals surface area contributed by atoms with Crippen molar-refractivity contribution in [3.05, 3.63) is 23.8 Å². The van der Waals surface area contributed by atoms with Crippen LogP contribution in [0.25, 0.3) is 0 Å². The fourth-order valence-electron chi connectivity index (χ4n) is 1.14. The topological polar surface area (TPSA) is 44.5 Å². The highest BCUT2D eigenvalue weighted by atomic mass is 16.7.